The van der Waals surface area contributed by atoms with Crippen LogP contribution in [0.25, 0.3) is 5.69 Å². The Balaban J connectivity index is 1.53. The maximum atomic E-state index is 12.0. The summed E-state index contributed by atoms with van der Waals surface area (Å²) in [6, 6.07) is 7.08. The standard InChI is InChI=1S/C14H14ClN7O2/c15-9-3-1-4-10(7-9)22-8-11(18-21-22)13(23)16-6-2-5-12-17-14(24)20-19-12/h1,3-4,7-8H,2,5-6H2,(H,16,23)(H2,17,19,20,24). The number of aromatic nitrogens is 6. The van der Waals surface area contributed by atoms with E-state index in [2.05, 4.69) is 30.8 Å². The summed E-state index contributed by atoms with van der Waals surface area (Å²) in [6.07, 6.45) is 2.72. The molecule has 3 rings (SSSR count). The normalized spacial score (nSPS) is 10.7. The average Bonchev–Trinajstić information content (AvgIpc) is 3.20. The number of carbonyl (C=O) groups is 1. The highest BCUT2D eigenvalue weighted by molar-refractivity contribution is 6.30. The smallest absolute Gasteiger partial charge is 0.340 e. The summed E-state index contributed by atoms with van der Waals surface area (Å²) in [6.45, 7) is 0.428. The number of aryl methyl sites for hydroxylation is 1. The van der Waals surface area contributed by atoms with E-state index in [1.807, 2.05) is 6.07 Å². The van der Waals surface area contributed by atoms with Crippen molar-refractivity contribution < 1.29 is 4.79 Å². The van der Waals surface area contributed by atoms with Crippen LogP contribution in [0.3, 0.4) is 0 Å². The van der Waals surface area contributed by atoms with E-state index < -0.39 is 0 Å². The molecule has 0 aliphatic carbocycles. The number of carbonyl (C=O) groups excluding carboxylic acids is 1. The summed E-state index contributed by atoms with van der Waals surface area (Å²) in [4.78, 5) is 25.5. The van der Waals surface area contributed by atoms with Crippen LogP contribution in [0.2, 0.25) is 5.02 Å². The van der Waals surface area contributed by atoms with Crippen LogP contribution < -0.4 is 11.0 Å². The molecule has 9 nitrogen and oxygen atoms in total. The quantitative estimate of drug-likeness (QED) is 0.566. The molecule has 10 heteroatoms. The molecule has 3 N–H and O–H groups in total. The molecule has 124 valence electrons. The number of hydrogen-bond donors (Lipinski definition) is 3. The van der Waals surface area contributed by atoms with Crippen LogP contribution in [0.4, 0.5) is 0 Å². The molecule has 3 aromatic rings. The number of rotatable bonds is 6. The van der Waals surface area contributed by atoms with Gasteiger partial charge < -0.3 is 5.32 Å². The lowest BCUT2D eigenvalue weighted by Crippen LogP contribution is -2.25. The number of nitrogens with one attached hydrogen (secondary N) is 3. The monoisotopic (exact) mass is 347 g/mol. The SMILES string of the molecule is O=C(NCCCc1n[nH]c(=O)[nH]1)c1cn(-c2cccc(Cl)c2)nn1. The van der Waals surface area contributed by atoms with E-state index in [4.69, 9.17) is 11.6 Å². The van der Waals surface area contributed by atoms with Gasteiger partial charge in [0.25, 0.3) is 5.91 Å². The Bertz CT molecular complexity index is 898. The fraction of sp³-hybridized carbons (Fsp3) is 0.214. The molecule has 1 aromatic carbocycles. The van der Waals surface area contributed by atoms with Crippen molar-refractivity contribution in [3.63, 3.8) is 0 Å². The third-order valence-corrected chi connectivity index (χ3v) is 3.46. The summed E-state index contributed by atoms with van der Waals surface area (Å²) in [7, 11) is 0. The minimum atomic E-state index is -0.341. The molecular weight excluding hydrogens is 334 g/mol. The van der Waals surface area contributed by atoms with Crippen molar-refractivity contribution in [2.45, 2.75) is 12.8 Å². The van der Waals surface area contributed by atoms with E-state index >= 15 is 0 Å². The van der Waals surface area contributed by atoms with E-state index in [0.29, 0.717) is 30.2 Å². The Hall–Kier alpha value is -2.94. The molecule has 2 aromatic heterocycles. The molecule has 0 aliphatic heterocycles. The number of nitrogens with zero attached hydrogens (tertiary/aromatic N) is 4. The zero-order valence-electron chi connectivity index (χ0n) is 12.5. The van der Waals surface area contributed by atoms with Crippen LogP contribution in [-0.4, -0.2) is 42.6 Å². The zero-order valence-corrected chi connectivity index (χ0v) is 13.2. The largest absolute Gasteiger partial charge is 0.351 e. The van der Waals surface area contributed by atoms with E-state index in [1.165, 1.54) is 10.9 Å². The molecule has 0 radical (unpaired) electrons. The Morgan fingerprint density at radius 1 is 1.38 bits per heavy atom. The van der Waals surface area contributed by atoms with Gasteiger partial charge in [-0.05, 0) is 24.6 Å². The van der Waals surface area contributed by atoms with Gasteiger partial charge in [0.2, 0.25) is 0 Å². The Morgan fingerprint density at radius 3 is 3.00 bits per heavy atom. The van der Waals surface area contributed by atoms with E-state index in [1.54, 1.807) is 18.2 Å². The number of hydrogen-bond acceptors (Lipinski definition) is 5. The fourth-order valence-electron chi connectivity index (χ4n) is 2.08. The van der Waals surface area contributed by atoms with Gasteiger partial charge in [-0.15, -0.1) is 5.10 Å². The van der Waals surface area contributed by atoms with Crippen molar-refractivity contribution in [1.29, 1.82) is 0 Å². The molecule has 0 atom stereocenters. The van der Waals surface area contributed by atoms with Crippen LogP contribution in [-0.2, 0) is 6.42 Å². The highest BCUT2D eigenvalue weighted by atomic mass is 35.5. The van der Waals surface area contributed by atoms with Gasteiger partial charge in [-0.25, -0.2) is 14.6 Å². The Labute approximate surface area is 141 Å². The van der Waals surface area contributed by atoms with Crippen molar-refractivity contribution in [2.75, 3.05) is 6.54 Å². The molecular formula is C14H14ClN7O2. The van der Waals surface area contributed by atoms with Crippen LogP contribution in [0, 0.1) is 0 Å². The molecule has 24 heavy (non-hydrogen) atoms. The predicted molar refractivity (Wildman–Crippen MR) is 86.2 cm³/mol. The minimum Gasteiger partial charge on any atom is -0.351 e. The van der Waals surface area contributed by atoms with E-state index in [0.717, 1.165) is 5.69 Å². The lowest BCUT2D eigenvalue weighted by atomic mass is 10.3. The molecule has 0 spiro atoms. The lowest BCUT2D eigenvalue weighted by molar-refractivity contribution is 0.0948. The Kier molecular flexibility index (Phi) is 4.71. The fourth-order valence-corrected chi connectivity index (χ4v) is 2.27. The number of aromatic amines is 2. The second-order valence-corrected chi connectivity index (χ2v) is 5.45. The number of benzene rings is 1. The third-order valence-electron chi connectivity index (χ3n) is 3.22. The van der Waals surface area contributed by atoms with Gasteiger partial charge in [-0.1, -0.05) is 22.9 Å². The maximum absolute atomic E-state index is 12.0. The molecule has 0 saturated heterocycles. The van der Waals surface area contributed by atoms with E-state index in [9.17, 15) is 9.59 Å². The summed E-state index contributed by atoms with van der Waals surface area (Å²) < 4.78 is 1.48. The number of amides is 1. The summed E-state index contributed by atoms with van der Waals surface area (Å²) in [5, 5.41) is 17.2. The number of H-pyrrole nitrogens is 2. The highest BCUT2D eigenvalue weighted by Crippen LogP contribution is 2.13. The van der Waals surface area contributed by atoms with Crippen LogP contribution >= 0.6 is 11.6 Å². The minimum absolute atomic E-state index is 0.211. The number of halogens is 1. The first-order valence-electron chi connectivity index (χ1n) is 7.22. The van der Waals surface area contributed by atoms with Gasteiger partial charge >= 0.3 is 5.69 Å². The van der Waals surface area contributed by atoms with Crippen molar-refractivity contribution in [2.24, 2.45) is 0 Å². The molecule has 0 saturated carbocycles. The van der Waals surface area contributed by atoms with Crippen molar-refractivity contribution in [3.8, 4) is 5.69 Å². The molecule has 1 amide bonds. The lowest BCUT2D eigenvalue weighted by Gasteiger charge is -2.01. The van der Waals surface area contributed by atoms with Crippen LogP contribution in [0.15, 0.2) is 35.3 Å². The highest BCUT2D eigenvalue weighted by Gasteiger charge is 2.11. The molecule has 0 aliphatic rings. The van der Waals surface area contributed by atoms with Crippen LogP contribution in [0.1, 0.15) is 22.7 Å². The first kappa shape index (κ1) is 15.9. The second kappa shape index (κ2) is 7.09. The van der Waals surface area contributed by atoms with Gasteiger partial charge in [0.1, 0.15) is 5.82 Å². The van der Waals surface area contributed by atoms with Crippen molar-refractivity contribution in [1.82, 2.24) is 35.5 Å². The van der Waals surface area contributed by atoms with Gasteiger partial charge in [0.15, 0.2) is 5.69 Å². The van der Waals surface area contributed by atoms with Crippen molar-refractivity contribution >= 4 is 17.5 Å². The average molecular weight is 348 g/mol. The summed E-state index contributed by atoms with van der Waals surface area (Å²) >= 11 is 5.93. The first-order chi connectivity index (χ1) is 11.6. The summed E-state index contributed by atoms with van der Waals surface area (Å²) in [5.41, 5.74) is 0.589. The van der Waals surface area contributed by atoms with Crippen molar-refractivity contribution in [3.05, 3.63) is 57.5 Å². The summed E-state index contributed by atoms with van der Waals surface area (Å²) in [5.74, 6) is 0.236. The van der Waals surface area contributed by atoms with Gasteiger partial charge in [0, 0.05) is 18.0 Å². The Morgan fingerprint density at radius 2 is 2.25 bits per heavy atom. The predicted octanol–water partition coefficient (Wildman–Crippen LogP) is 0.695. The molecule has 2 heterocycles. The van der Waals surface area contributed by atoms with Gasteiger partial charge in [-0.3, -0.25) is 9.78 Å². The van der Waals surface area contributed by atoms with Crippen LogP contribution in [0.5, 0.6) is 0 Å². The maximum Gasteiger partial charge on any atom is 0.340 e. The second-order valence-electron chi connectivity index (χ2n) is 5.01. The first-order valence-corrected chi connectivity index (χ1v) is 7.59. The molecule has 0 bridgehead atoms. The van der Waals surface area contributed by atoms with Gasteiger partial charge in [-0.2, -0.15) is 5.10 Å². The van der Waals surface area contributed by atoms with Gasteiger partial charge in [0.05, 0.1) is 11.9 Å². The zero-order chi connectivity index (χ0) is 16.9. The molecule has 0 unspecified atom stereocenters. The van der Waals surface area contributed by atoms with E-state index in [-0.39, 0.29) is 17.3 Å². The topological polar surface area (TPSA) is 121 Å². The molecule has 0 fully saturated rings. The third kappa shape index (κ3) is 3.87.